The van der Waals surface area contributed by atoms with Crippen molar-refractivity contribution in [3.05, 3.63) is 64.3 Å². The molecule has 0 spiro atoms. The van der Waals surface area contributed by atoms with Gasteiger partial charge < -0.3 is 9.72 Å². The highest BCUT2D eigenvalue weighted by Gasteiger charge is 2.11. The number of nitrogens with one attached hydrogen (secondary N) is 3. The first-order valence-electron chi connectivity index (χ1n) is 9.68. The van der Waals surface area contributed by atoms with E-state index in [0.29, 0.717) is 23.3 Å². The molecule has 0 aliphatic carbocycles. The van der Waals surface area contributed by atoms with Gasteiger partial charge in [0.1, 0.15) is 5.75 Å². The Balaban J connectivity index is 1.65. The average molecular weight is 485 g/mol. The van der Waals surface area contributed by atoms with E-state index in [-0.39, 0.29) is 12.3 Å². The van der Waals surface area contributed by atoms with E-state index < -0.39 is 12.0 Å². The zero-order valence-electron chi connectivity index (χ0n) is 16.8. The van der Waals surface area contributed by atoms with Gasteiger partial charge in [-0.1, -0.05) is 29.3 Å². The average Bonchev–Trinajstić information content (AvgIpc) is 3.15. The molecule has 0 bridgehead atoms. The van der Waals surface area contributed by atoms with Gasteiger partial charge in [0.15, 0.2) is 0 Å². The van der Waals surface area contributed by atoms with E-state index in [1.807, 2.05) is 6.92 Å². The number of ether oxygens (including phenoxy) is 1. The molecule has 0 atom stereocenters. The van der Waals surface area contributed by atoms with Crippen molar-refractivity contribution in [3.8, 4) is 5.75 Å². The fourth-order valence-corrected chi connectivity index (χ4v) is 3.02. The number of imide groups is 1. The number of esters is 1. The van der Waals surface area contributed by atoms with E-state index >= 15 is 0 Å². The second-order valence-electron chi connectivity index (χ2n) is 6.70. The van der Waals surface area contributed by atoms with Gasteiger partial charge in [-0.2, -0.15) is 5.10 Å². The first kappa shape index (κ1) is 22.2. The minimum Gasteiger partial charge on any atom is -0.423 e. The monoisotopic (exact) mass is 484 g/mol. The molecule has 1 heterocycles. The molecule has 3 N–H and O–H groups in total. The van der Waals surface area contributed by atoms with Crippen LogP contribution in [0.1, 0.15) is 42.1 Å². The number of rotatable bonds is 7. The highest BCUT2D eigenvalue weighted by Crippen LogP contribution is 2.24. The Kier molecular flexibility index (Phi) is 7.55. The number of hydrazone groups is 1. The van der Waals surface area contributed by atoms with Gasteiger partial charge in [0.2, 0.25) is 5.91 Å². The first-order valence-corrected chi connectivity index (χ1v) is 10.5. The zero-order valence-corrected chi connectivity index (χ0v) is 18.4. The third kappa shape index (κ3) is 6.26. The number of amides is 3. The summed E-state index contributed by atoms with van der Waals surface area (Å²) in [5.41, 5.74) is 4.18. The SMILES string of the molecule is CCCCC(=O)NC(=O)N/N=C/c1c[nH]c2ccc(OC(=O)c3ccc(Br)cc3)cc12. The molecule has 0 unspecified atom stereocenters. The summed E-state index contributed by atoms with van der Waals surface area (Å²) in [6.45, 7) is 1.96. The van der Waals surface area contributed by atoms with Crippen LogP contribution >= 0.6 is 15.9 Å². The Hall–Kier alpha value is -3.46. The molecule has 8 nitrogen and oxygen atoms in total. The third-order valence-electron chi connectivity index (χ3n) is 4.36. The molecule has 1 aromatic heterocycles. The number of unbranched alkanes of at least 4 members (excludes halogenated alkanes) is 1. The number of aromatic amines is 1. The van der Waals surface area contributed by atoms with Crippen LogP contribution in [0.15, 0.2) is 58.2 Å². The van der Waals surface area contributed by atoms with Gasteiger partial charge in [-0.05, 0) is 48.9 Å². The van der Waals surface area contributed by atoms with Gasteiger partial charge in [-0.3, -0.25) is 10.1 Å². The summed E-state index contributed by atoms with van der Waals surface area (Å²) in [4.78, 5) is 38.7. The second-order valence-corrected chi connectivity index (χ2v) is 7.61. The molecule has 0 saturated carbocycles. The number of carbonyl (C=O) groups excluding carboxylic acids is 3. The van der Waals surface area contributed by atoms with Gasteiger partial charge in [0.25, 0.3) is 0 Å². The molecule has 31 heavy (non-hydrogen) atoms. The minimum absolute atomic E-state index is 0.290. The predicted molar refractivity (Wildman–Crippen MR) is 121 cm³/mol. The lowest BCUT2D eigenvalue weighted by Gasteiger charge is -2.05. The zero-order chi connectivity index (χ0) is 22.2. The van der Waals surface area contributed by atoms with E-state index in [2.05, 4.69) is 36.8 Å². The molecule has 3 rings (SSSR count). The van der Waals surface area contributed by atoms with E-state index in [0.717, 1.165) is 21.8 Å². The molecule has 0 aliphatic heterocycles. The molecule has 3 amide bonds. The van der Waals surface area contributed by atoms with Crippen molar-refractivity contribution >= 4 is 51.0 Å². The number of hydrogen-bond acceptors (Lipinski definition) is 5. The smallest absolute Gasteiger partial charge is 0.343 e. The van der Waals surface area contributed by atoms with Crippen LogP contribution in [-0.2, 0) is 4.79 Å². The summed E-state index contributed by atoms with van der Waals surface area (Å²) in [6, 6.07) is 11.3. The summed E-state index contributed by atoms with van der Waals surface area (Å²) in [5, 5.41) is 6.84. The number of carbonyl (C=O) groups is 3. The lowest BCUT2D eigenvalue weighted by molar-refractivity contribution is -0.120. The third-order valence-corrected chi connectivity index (χ3v) is 4.88. The molecule has 0 radical (unpaired) electrons. The quantitative estimate of drug-likeness (QED) is 0.198. The standard InChI is InChI=1S/C22H21BrN4O4/c1-2-3-4-20(28)26-22(30)27-25-13-15-12-24-19-10-9-17(11-18(15)19)31-21(29)14-5-7-16(23)8-6-14/h5-13,24H,2-4H2,1H3,(H2,26,27,28,30)/b25-13+. The first-order chi connectivity index (χ1) is 15.0. The van der Waals surface area contributed by atoms with Crippen molar-refractivity contribution in [1.82, 2.24) is 15.7 Å². The number of hydrogen-bond donors (Lipinski definition) is 3. The van der Waals surface area contributed by atoms with Crippen LogP contribution in [0.3, 0.4) is 0 Å². The lowest BCUT2D eigenvalue weighted by Crippen LogP contribution is -2.36. The van der Waals surface area contributed by atoms with Crippen LogP contribution in [0, 0.1) is 0 Å². The highest BCUT2D eigenvalue weighted by molar-refractivity contribution is 9.10. The van der Waals surface area contributed by atoms with Gasteiger partial charge in [-0.15, -0.1) is 0 Å². The van der Waals surface area contributed by atoms with E-state index in [4.69, 9.17) is 4.74 Å². The Morgan fingerprint density at radius 3 is 2.68 bits per heavy atom. The summed E-state index contributed by atoms with van der Waals surface area (Å²) < 4.78 is 6.33. The maximum atomic E-state index is 12.3. The van der Waals surface area contributed by atoms with Crippen molar-refractivity contribution in [3.63, 3.8) is 0 Å². The van der Waals surface area contributed by atoms with Crippen molar-refractivity contribution in [2.45, 2.75) is 26.2 Å². The number of H-pyrrole nitrogens is 1. The largest absolute Gasteiger partial charge is 0.423 e. The summed E-state index contributed by atoms with van der Waals surface area (Å²) in [7, 11) is 0. The Labute approximate surface area is 187 Å². The summed E-state index contributed by atoms with van der Waals surface area (Å²) in [6.07, 6.45) is 5.02. The minimum atomic E-state index is -0.693. The molecular formula is C22H21BrN4O4. The van der Waals surface area contributed by atoms with Crippen LogP contribution in [0.5, 0.6) is 5.75 Å². The fraction of sp³-hybridized carbons (Fsp3) is 0.182. The van der Waals surface area contributed by atoms with Crippen LogP contribution in [0.4, 0.5) is 4.79 Å². The fourth-order valence-electron chi connectivity index (χ4n) is 2.76. The van der Waals surface area contributed by atoms with E-state index in [9.17, 15) is 14.4 Å². The Morgan fingerprint density at radius 2 is 1.94 bits per heavy atom. The topological polar surface area (TPSA) is 113 Å². The van der Waals surface area contributed by atoms with Crippen LogP contribution in [0.25, 0.3) is 10.9 Å². The molecule has 9 heteroatoms. The second kappa shape index (κ2) is 10.5. The number of halogens is 1. The lowest BCUT2D eigenvalue weighted by atomic mass is 10.2. The van der Waals surface area contributed by atoms with Gasteiger partial charge >= 0.3 is 12.0 Å². The molecule has 160 valence electrons. The number of fused-ring (bicyclic) bond motifs is 1. The number of urea groups is 1. The highest BCUT2D eigenvalue weighted by atomic mass is 79.9. The van der Waals surface area contributed by atoms with E-state index in [1.165, 1.54) is 6.21 Å². The van der Waals surface area contributed by atoms with Crippen molar-refractivity contribution in [2.24, 2.45) is 5.10 Å². The van der Waals surface area contributed by atoms with Crippen LogP contribution < -0.4 is 15.5 Å². The van der Waals surface area contributed by atoms with Gasteiger partial charge in [0, 0.05) is 33.6 Å². The predicted octanol–water partition coefficient (Wildman–Crippen LogP) is 4.50. The van der Waals surface area contributed by atoms with E-state index in [1.54, 1.807) is 48.7 Å². The maximum absolute atomic E-state index is 12.3. The van der Waals surface area contributed by atoms with Crippen LogP contribution in [0.2, 0.25) is 0 Å². The van der Waals surface area contributed by atoms with Crippen molar-refractivity contribution in [2.75, 3.05) is 0 Å². The van der Waals surface area contributed by atoms with Gasteiger partial charge in [-0.25, -0.2) is 15.0 Å². The number of aromatic nitrogens is 1. The molecular weight excluding hydrogens is 464 g/mol. The van der Waals surface area contributed by atoms with Crippen molar-refractivity contribution < 1.29 is 19.1 Å². The molecule has 0 aliphatic rings. The Bertz CT molecular complexity index is 1120. The summed E-state index contributed by atoms with van der Waals surface area (Å²) >= 11 is 3.33. The number of nitrogens with zero attached hydrogens (tertiary/aromatic N) is 1. The normalized spacial score (nSPS) is 10.9. The summed E-state index contributed by atoms with van der Waals surface area (Å²) in [5.74, 6) is -0.440. The maximum Gasteiger partial charge on any atom is 0.343 e. The van der Waals surface area contributed by atoms with Crippen LogP contribution in [-0.4, -0.2) is 29.1 Å². The Morgan fingerprint density at radius 1 is 1.16 bits per heavy atom. The van der Waals surface area contributed by atoms with Gasteiger partial charge in [0.05, 0.1) is 11.8 Å². The molecule has 0 fully saturated rings. The molecule has 2 aromatic carbocycles. The number of benzene rings is 2. The van der Waals surface area contributed by atoms with Crippen molar-refractivity contribution in [1.29, 1.82) is 0 Å². The molecule has 0 saturated heterocycles. The molecule has 3 aromatic rings.